The number of nitrogens with one attached hydrogen (secondary N) is 1. The number of carboxylic acid groups (broad SMARTS) is 1. The number of carbonyl (C=O) groups is 2. The molecule has 2 N–H and O–H groups in total. The van der Waals surface area contributed by atoms with Crippen molar-refractivity contribution in [2.24, 2.45) is 0 Å². The van der Waals surface area contributed by atoms with Gasteiger partial charge in [0.15, 0.2) is 0 Å². The number of aryl methyl sites for hydroxylation is 2. The molecule has 2 amide bonds. The van der Waals surface area contributed by atoms with Crippen LogP contribution in [0.1, 0.15) is 41.4 Å². The number of carbonyl (C=O) groups excluding carboxylic acids is 1. The van der Waals surface area contributed by atoms with Gasteiger partial charge in [-0.05, 0) is 33.6 Å². The van der Waals surface area contributed by atoms with Gasteiger partial charge in [-0.2, -0.15) is 0 Å². The lowest BCUT2D eigenvalue weighted by Crippen LogP contribution is -2.46. The molecule has 1 saturated heterocycles. The zero-order valence-corrected chi connectivity index (χ0v) is 12.7. The number of urea groups is 1. The van der Waals surface area contributed by atoms with Crippen LogP contribution in [0.4, 0.5) is 4.79 Å². The summed E-state index contributed by atoms with van der Waals surface area (Å²) in [5.41, 5.74) is 0.913. The number of aliphatic carboxylic acids is 1. The van der Waals surface area contributed by atoms with Crippen LogP contribution in [0.25, 0.3) is 0 Å². The first-order chi connectivity index (χ1) is 9.40. The highest BCUT2D eigenvalue weighted by molar-refractivity contribution is 7.11. The highest BCUT2D eigenvalue weighted by Gasteiger charge is 2.34. The van der Waals surface area contributed by atoms with E-state index in [2.05, 4.69) is 10.3 Å². The number of carboxylic acids is 1. The minimum atomic E-state index is -0.935. The molecular weight excluding hydrogens is 278 g/mol. The number of thiazole rings is 1. The Kier molecular flexibility index (Phi) is 4.27. The number of aromatic nitrogens is 1. The molecule has 7 heteroatoms. The summed E-state index contributed by atoms with van der Waals surface area (Å²) in [6.45, 7) is 6.23. The van der Waals surface area contributed by atoms with Crippen LogP contribution in [0.3, 0.4) is 0 Å². The fourth-order valence-electron chi connectivity index (χ4n) is 2.55. The number of amides is 2. The van der Waals surface area contributed by atoms with Gasteiger partial charge in [-0.25, -0.2) is 14.6 Å². The second-order valence-electron chi connectivity index (χ2n) is 5.04. The third-order valence-electron chi connectivity index (χ3n) is 3.47. The van der Waals surface area contributed by atoms with E-state index in [-0.39, 0.29) is 12.1 Å². The Morgan fingerprint density at radius 1 is 1.50 bits per heavy atom. The molecule has 0 radical (unpaired) electrons. The maximum absolute atomic E-state index is 12.2. The van der Waals surface area contributed by atoms with Gasteiger partial charge < -0.3 is 15.3 Å². The van der Waals surface area contributed by atoms with Crippen LogP contribution in [0.15, 0.2) is 0 Å². The Morgan fingerprint density at radius 3 is 2.75 bits per heavy atom. The maximum Gasteiger partial charge on any atom is 0.326 e. The van der Waals surface area contributed by atoms with Gasteiger partial charge in [0.2, 0.25) is 0 Å². The van der Waals surface area contributed by atoms with E-state index in [0.717, 1.165) is 22.0 Å². The molecule has 20 heavy (non-hydrogen) atoms. The lowest BCUT2D eigenvalue weighted by molar-refractivity contribution is -0.141. The Hall–Kier alpha value is -1.63. The number of likely N-dealkylation sites (tertiary alicyclic amines) is 1. The first-order valence-corrected chi connectivity index (χ1v) is 7.45. The average molecular weight is 297 g/mol. The van der Waals surface area contributed by atoms with Gasteiger partial charge in [-0.15, -0.1) is 11.3 Å². The van der Waals surface area contributed by atoms with Crippen LogP contribution < -0.4 is 5.32 Å². The lowest BCUT2D eigenvalue weighted by atomic mass is 10.2. The van der Waals surface area contributed by atoms with E-state index in [0.29, 0.717) is 13.0 Å². The molecule has 110 valence electrons. The van der Waals surface area contributed by atoms with E-state index in [9.17, 15) is 9.59 Å². The molecule has 1 aliphatic rings. The molecule has 0 aliphatic carbocycles. The largest absolute Gasteiger partial charge is 0.480 e. The third kappa shape index (κ3) is 2.92. The molecule has 1 aliphatic heterocycles. The second kappa shape index (κ2) is 5.78. The Labute approximate surface area is 121 Å². The Balaban J connectivity index is 2.04. The van der Waals surface area contributed by atoms with E-state index in [1.807, 2.05) is 20.8 Å². The highest BCUT2D eigenvalue weighted by atomic mass is 32.1. The van der Waals surface area contributed by atoms with Gasteiger partial charge in [0.25, 0.3) is 0 Å². The maximum atomic E-state index is 12.2. The zero-order valence-electron chi connectivity index (χ0n) is 11.8. The first kappa shape index (κ1) is 14.8. The molecule has 0 saturated carbocycles. The van der Waals surface area contributed by atoms with Crippen LogP contribution in [0, 0.1) is 13.8 Å². The standard InChI is InChI=1S/C13H19N3O3S/c1-7-11(20-9(3)14-7)8(2)15-13(19)16-6-4-5-10(16)12(17)18/h8,10H,4-6H2,1-3H3,(H,15,19)(H,17,18)/t8?,10-/m0/s1. The molecule has 0 aromatic carbocycles. The summed E-state index contributed by atoms with van der Waals surface area (Å²) < 4.78 is 0. The van der Waals surface area contributed by atoms with Gasteiger partial charge in [-0.1, -0.05) is 0 Å². The van der Waals surface area contributed by atoms with E-state index in [1.54, 1.807) is 11.3 Å². The molecule has 1 unspecified atom stereocenters. The molecule has 2 rings (SSSR count). The van der Waals surface area contributed by atoms with Crippen molar-refractivity contribution in [1.29, 1.82) is 0 Å². The van der Waals surface area contributed by atoms with Crippen molar-refractivity contribution >= 4 is 23.3 Å². The monoisotopic (exact) mass is 297 g/mol. The van der Waals surface area contributed by atoms with Crippen LogP contribution >= 0.6 is 11.3 Å². The minimum absolute atomic E-state index is 0.163. The SMILES string of the molecule is Cc1nc(C)c(C(C)NC(=O)N2CCC[C@H]2C(=O)O)s1. The molecule has 1 aromatic rings. The van der Waals surface area contributed by atoms with E-state index in [4.69, 9.17) is 5.11 Å². The van der Waals surface area contributed by atoms with Crippen molar-refractivity contribution < 1.29 is 14.7 Å². The number of hydrogen-bond donors (Lipinski definition) is 2. The molecule has 1 aromatic heterocycles. The lowest BCUT2D eigenvalue weighted by Gasteiger charge is -2.24. The van der Waals surface area contributed by atoms with Gasteiger partial charge >= 0.3 is 12.0 Å². The summed E-state index contributed by atoms with van der Waals surface area (Å²) in [6, 6.07) is -1.18. The Morgan fingerprint density at radius 2 is 2.20 bits per heavy atom. The van der Waals surface area contributed by atoms with E-state index in [1.165, 1.54) is 4.90 Å². The Bertz CT molecular complexity index is 529. The molecular formula is C13H19N3O3S. The van der Waals surface area contributed by atoms with Crippen molar-refractivity contribution in [3.63, 3.8) is 0 Å². The van der Waals surface area contributed by atoms with E-state index < -0.39 is 12.0 Å². The molecule has 2 atom stereocenters. The first-order valence-electron chi connectivity index (χ1n) is 6.64. The van der Waals surface area contributed by atoms with Gasteiger partial charge in [0, 0.05) is 11.4 Å². The highest BCUT2D eigenvalue weighted by Crippen LogP contribution is 2.25. The average Bonchev–Trinajstić information content (AvgIpc) is 2.95. The van der Waals surface area contributed by atoms with Crippen LogP contribution in [0.2, 0.25) is 0 Å². The predicted octanol–water partition coefficient (Wildman–Crippen LogP) is 2.08. The summed E-state index contributed by atoms with van der Waals surface area (Å²) in [5, 5.41) is 12.9. The number of rotatable bonds is 3. The summed E-state index contributed by atoms with van der Waals surface area (Å²) in [4.78, 5) is 30.1. The third-order valence-corrected chi connectivity index (χ3v) is 4.73. The predicted molar refractivity (Wildman–Crippen MR) is 75.9 cm³/mol. The van der Waals surface area contributed by atoms with Gasteiger partial charge in [-0.3, -0.25) is 0 Å². The molecule has 0 spiro atoms. The van der Waals surface area contributed by atoms with Crippen molar-refractivity contribution in [3.8, 4) is 0 Å². The van der Waals surface area contributed by atoms with Crippen LogP contribution in [-0.2, 0) is 4.79 Å². The van der Waals surface area contributed by atoms with Crippen LogP contribution in [-0.4, -0.2) is 39.6 Å². The number of hydrogen-bond acceptors (Lipinski definition) is 4. The van der Waals surface area contributed by atoms with Crippen molar-refractivity contribution in [2.45, 2.75) is 45.7 Å². The fourth-order valence-corrected chi connectivity index (χ4v) is 3.48. The zero-order chi connectivity index (χ0) is 14.9. The van der Waals surface area contributed by atoms with E-state index >= 15 is 0 Å². The molecule has 0 bridgehead atoms. The molecule has 6 nitrogen and oxygen atoms in total. The summed E-state index contributed by atoms with van der Waals surface area (Å²) >= 11 is 1.55. The van der Waals surface area contributed by atoms with Crippen molar-refractivity contribution in [3.05, 3.63) is 15.6 Å². The minimum Gasteiger partial charge on any atom is -0.480 e. The topological polar surface area (TPSA) is 82.5 Å². The number of nitrogens with zero attached hydrogens (tertiary/aromatic N) is 2. The van der Waals surface area contributed by atoms with Gasteiger partial charge in [0.05, 0.1) is 16.7 Å². The summed E-state index contributed by atoms with van der Waals surface area (Å²) in [5.74, 6) is -0.935. The molecule has 2 heterocycles. The summed E-state index contributed by atoms with van der Waals surface area (Å²) in [7, 11) is 0. The second-order valence-corrected chi connectivity index (χ2v) is 6.28. The van der Waals surface area contributed by atoms with Crippen molar-refractivity contribution in [1.82, 2.24) is 15.2 Å². The quantitative estimate of drug-likeness (QED) is 0.895. The normalized spacial score (nSPS) is 19.9. The fraction of sp³-hybridized carbons (Fsp3) is 0.615. The summed E-state index contributed by atoms with van der Waals surface area (Å²) in [6.07, 6.45) is 1.26. The molecule has 1 fully saturated rings. The van der Waals surface area contributed by atoms with Crippen LogP contribution in [0.5, 0.6) is 0 Å². The smallest absolute Gasteiger partial charge is 0.326 e. The van der Waals surface area contributed by atoms with Crippen molar-refractivity contribution in [2.75, 3.05) is 6.54 Å². The van der Waals surface area contributed by atoms with Gasteiger partial charge in [0.1, 0.15) is 6.04 Å².